The van der Waals surface area contributed by atoms with Gasteiger partial charge in [0.25, 0.3) is 0 Å². The molecule has 0 aliphatic carbocycles. The Kier molecular flexibility index (Phi) is 7.57. The zero-order chi connectivity index (χ0) is 27.1. The van der Waals surface area contributed by atoms with Crippen LogP contribution in [0, 0.1) is 0 Å². The van der Waals surface area contributed by atoms with E-state index in [0.29, 0.717) is 12.4 Å². The summed E-state index contributed by atoms with van der Waals surface area (Å²) in [5.74, 6) is 2.53. The minimum absolute atomic E-state index is 0.553. The Morgan fingerprint density at radius 3 is 2.20 bits per heavy atom. The number of hydrogen-bond acceptors (Lipinski definition) is 5. The predicted molar refractivity (Wildman–Crippen MR) is 156 cm³/mol. The number of tetrazole rings is 1. The van der Waals surface area contributed by atoms with Gasteiger partial charge in [-0.3, -0.25) is 0 Å². The van der Waals surface area contributed by atoms with E-state index in [-0.39, 0.29) is 0 Å². The van der Waals surface area contributed by atoms with Gasteiger partial charge in [0.1, 0.15) is 5.82 Å². The highest BCUT2D eigenvalue weighted by molar-refractivity contribution is 5.70. The summed E-state index contributed by atoms with van der Waals surface area (Å²) >= 11 is 0. The molecule has 3 aromatic heterocycles. The first-order chi connectivity index (χ1) is 19.8. The molecule has 8 heteroatoms. The van der Waals surface area contributed by atoms with E-state index in [9.17, 15) is 0 Å². The Bertz CT molecular complexity index is 1630. The lowest BCUT2D eigenvalue weighted by Crippen LogP contribution is -2.08. The van der Waals surface area contributed by atoms with Crippen molar-refractivity contribution in [3.8, 4) is 28.5 Å². The molecule has 0 aliphatic heterocycles. The van der Waals surface area contributed by atoms with E-state index in [1.165, 1.54) is 11.1 Å². The maximum atomic E-state index is 4.93. The van der Waals surface area contributed by atoms with Crippen molar-refractivity contribution < 1.29 is 0 Å². The van der Waals surface area contributed by atoms with E-state index >= 15 is 0 Å². The summed E-state index contributed by atoms with van der Waals surface area (Å²) in [6.07, 6.45) is 4.94. The van der Waals surface area contributed by atoms with Crippen molar-refractivity contribution in [1.82, 2.24) is 40.0 Å². The molecule has 3 heterocycles. The van der Waals surface area contributed by atoms with Crippen molar-refractivity contribution in [2.75, 3.05) is 0 Å². The minimum atomic E-state index is 0.553. The smallest absolute Gasteiger partial charge is 0.221 e. The molecule has 6 rings (SSSR count). The highest BCUT2D eigenvalue weighted by Crippen LogP contribution is 2.31. The van der Waals surface area contributed by atoms with Crippen LogP contribution in [0.2, 0.25) is 0 Å². The third-order valence-electron chi connectivity index (χ3n) is 7.08. The highest BCUT2D eigenvalue weighted by atomic mass is 15.5. The third kappa shape index (κ3) is 5.61. The van der Waals surface area contributed by atoms with Gasteiger partial charge in [-0.05, 0) is 59.0 Å². The van der Waals surface area contributed by atoms with Crippen LogP contribution in [-0.4, -0.2) is 40.0 Å². The third-order valence-corrected chi connectivity index (χ3v) is 7.08. The first-order valence-corrected chi connectivity index (χ1v) is 13.9. The topological polar surface area (TPSA) is 90.1 Å². The second kappa shape index (κ2) is 11.9. The molecule has 200 valence electrons. The molecule has 0 atom stereocenters. The molecule has 0 unspecified atom stereocenters. The van der Waals surface area contributed by atoms with Crippen molar-refractivity contribution in [2.45, 2.75) is 45.6 Å². The first kappa shape index (κ1) is 25.4. The van der Waals surface area contributed by atoms with Gasteiger partial charge in [0.05, 0.1) is 17.9 Å². The van der Waals surface area contributed by atoms with Crippen LogP contribution in [0.15, 0.2) is 97.1 Å². The van der Waals surface area contributed by atoms with Crippen LogP contribution in [0.4, 0.5) is 0 Å². The molecular formula is C32H32N8. The van der Waals surface area contributed by atoms with Crippen molar-refractivity contribution in [1.29, 1.82) is 0 Å². The fourth-order valence-corrected chi connectivity index (χ4v) is 5.00. The van der Waals surface area contributed by atoms with Crippen LogP contribution in [0.3, 0.4) is 0 Å². The van der Waals surface area contributed by atoms with Gasteiger partial charge < -0.3 is 4.57 Å². The Labute approximate surface area is 233 Å². The van der Waals surface area contributed by atoms with E-state index < -0.39 is 0 Å². The Morgan fingerprint density at radius 2 is 1.48 bits per heavy atom. The fourth-order valence-electron chi connectivity index (χ4n) is 5.00. The molecule has 0 spiro atoms. The molecule has 8 nitrogen and oxygen atoms in total. The fraction of sp³-hybridized carbons (Fsp3) is 0.219. The monoisotopic (exact) mass is 528 g/mol. The number of hydrogen-bond donors (Lipinski definition) is 1. The Hall–Kier alpha value is -4.85. The van der Waals surface area contributed by atoms with E-state index in [1.54, 1.807) is 0 Å². The predicted octanol–water partition coefficient (Wildman–Crippen LogP) is 6.09. The van der Waals surface area contributed by atoms with Gasteiger partial charge in [-0.1, -0.05) is 86.1 Å². The lowest BCUT2D eigenvalue weighted by molar-refractivity contribution is 0.613. The Morgan fingerprint density at radius 1 is 0.725 bits per heavy atom. The van der Waals surface area contributed by atoms with Gasteiger partial charge >= 0.3 is 0 Å². The largest absolute Gasteiger partial charge is 0.306 e. The van der Waals surface area contributed by atoms with Gasteiger partial charge in [0.2, 0.25) is 5.82 Å². The molecule has 0 bridgehead atoms. The molecule has 0 saturated heterocycles. The molecule has 3 aromatic carbocycles. The second-order valence-corrected chi connectivity index (χ2v) is 9.90. The molecule has 0 fully saturated rings. The molecule has 0 amide bonds. The van der Waals surface area contributed by atoms with Gasteiger partial charge in [0, 0.05) is 18.5 Å². The molecule has 0 saturated carbocycles. The van der Waals surface area contributed by atoms with E-state index in [2.05, 4.69) is 110 Å². The van der Waals surface area contributed by atoms with Gasteiger partial charge in [-0.2, -0.15) is 10.3 Å². The van der Waals surface area contributed by atoms with Crippen molar-refractivity contribution in [3.05, 3.63) is 120 Å². The van der Waals surface area contributed by atoms with Crippen LogP contribution in [0.1, 0.15) is 42.5 Å². The standard InChI is InChI=1S/C32H32N8/c1-2-3-14-31-33-30(22-17-24-10-6-4-7-11-24)36-39(31)23-25-15-18-27(19-16-25)40-28(26-12-8-5-9-13-26)20-21-29(40)32-34-37-38-35-32/h4-13,15-16,18-21H,2-3,14,17,22-23H2,1H3,(H,34,35,37,38). The van der Waals surface area contributed by atoms with Crippen molar-refractivity contribution >= 4 is 0 Å². The number of aromatic nitrogens is 8. The number of rotatable bonds is 11. The number of benzene rings is 3. The summed E-state index contributed by atoms with van der Waals surface area (Å²) in [6.45, 7) is 2.90. The van der Waals surface area contributed by atoms with Crippen molar-refractivity contribution in [3.63, 3.8) is 0 Å². The maximum Gasteiger partial charge on any atom is 0.221 e. The molecular weight excluding hydrogens is 496 g/mol. The summed E-state index contributed by atoms with van der Waals surface area (Å²) in [5, 5.41) is 19.7. The average Bonchev–Trinajstić information content (AvgIpc) is 3.77. The lowest BCUT2D eigenvalue weighted by atomic mass is 10.1. The Balaban J connectivity index is 1.27. The van der Waals surface area contributed by atoms with E-state index in [1.807, 2.05) is 24.3 Å². The van der Waals surface area contributed by atoms with Gasteiger partial charge in [0.15, 0.2) is 5.82 Å². The number of unbranched alkanes of at least 4 members (excludes halogenated alkanes) is 1. The number of aromatic amines is 1. The number of nitrogens with zero attached hydrogens (tertiary/aromatic N) is 7. The number of H-pyrrole nitrogens is 1. The summed E-state index contributed by atoms with van der Waals surface area (Å²) in [7, 11) is 0. The van der Waals surface area contributed by atoms with Crippen LogP contribution in [-0.2, 0) is 25.8 Å². The highest BCUT2D eigenvalue weighted by Gasteiger charge is 2.17. The average molecular weight is 529 g/mol. The number of nitrogens with one attached hydrogen (secondary N) is 1. The quantitative estimate of drug-likeness (QED) is 0.220. The van der Waals surface area contributed by atoms with Crippen LogP contribution in [0.25, 0.3) is 28.5 Å². The van der Waals surface area contributed by atoms with Crippen LogP contribution >= 0.6 is 0 Å². The maximum absolute atomic E-state index is 4.93. The summed E-state index contributed by atoms with van der Waals surface area (Å²) in [5.41, 5.74) is 6.57. The second-order valence-electron chi connectivity index (χ2n) is 9.90. The normalized spacial score (nSPS) is 11.2. The first-order valence-electron chi connectivity index (χ1n) is 13.9. The molecule has 6 aromatic rings. The molecule has 40 heavy (non-hydrogen) atoms. The zero-order valence-corrected chi connectivity index (χ0v) is 22.6. The van der Waals surface area contributed by atoms with Gasteiger partial charge in [-0.15, -0.1) is 10.2 Å². The summed E-state index contributed by atoms with van der Waals surface area (Å²) < 4.78 is 4.26. The SMILES string of the molecule is CCCCc1nc(CCc2ccccc2)nn1Cc1ccc(-n2c(-c3ccccc3)ccc2-c2nn[nH]n2)cc1. The zero-order valence-electron chi connectivity index (χ0n) is 22.6. The van der Waals surface area contributed by atoms with Crippen LogP contribution in [0.5, 0.6) is 0 Å². The summed E-state index contributed by atoms with van der Waals surface area (Å²) in [4.78, 5) is 4.93. The van der Waals surface area contributed by atoms with Gasteiger partial charge in [-0.25, -0.2) is 9.67 Å². The lowest BCUT2D eigenvalue weighted by Gasteiger charge is -2.13. The summed E-state index contributed by atoms with van der Waals surface area (Å²) in [6, 6.07) is 33.6. The molecule has 0 radical (unpaired) electrons. The van der Waals surface area contributed by atoms with Crippen LogP contribution < -0.4 is 0 Å². The van der Waals surface area contributed by atoms with Crippen molar-refractivity contribution in [2.24, 2.45) is 0 Å². The van der Waals surface area contributed by atoms with E-state index in [4.69, 9.17) is 10.1 Å². The molecule has 0 aliphatic rings. The minimum Gasteiger partial charge on any atom is -0.306 e. The number of aryl methyl sites for hydroxylation is 3. The van der Waals surface area contributed by atoms with E-state index in [0.717, 1.165) is 66.4 Å². The molecule has 1 N–H and O–H groups in total.